The standard InChI is InChI=1S/C38H45ClN4O2/c1-27-40-34-11-7-8-12-35(34)43(27)32-25-30-15-16-31(26-32)42(30)24-21-38(28-9-5-4-6-10-28)19-22-41(23-20-38)36(44)37(2,3)45-33-17-13-29(39)14-18-33/h4-14,17-18,30-32H,15-16,19-26H2,1-3H3/t30-,31+,32+. The number of ether oxygens (including phenoxy) is 1. The lowest BCUT2D eigenvalue weighted by atomic mass is 9.70. The van der Waals surface area contributed by atoms with Crippen LogP contribution in [0.15, 0.2) is 78.9 Å². The van der Waals surface area contributed by atoms with Crippen LogP contribution in [0.3, 0.4) is 0 Å². The number of amides is 1. The van der Waals surface area contributed by atoms with Crippen molar-refractivity contribution >= 4 is 28.5 Å². The number of benzene rings is 3. The Morgan fingerprint density at radius 2 is 1.56 bits per heavy atom. The monoisotopic (exact) mass is 624 g/mol. The van der Waals surface area contributed by atoms with E-state index in [1.165, 1.54) is 36.8 Å². The number of halogens is 1. The number of rotatable bonds is 8. The fourth-order valence-corrected chi connectivity index (χ4v) is 8.75. The molecule has 4 heterocycles. The van der Waals surface area contributed by atoms with E-state index in [1.54, 1.807) is 12.1 Å². The second-order valence-electron chi connectivity index (χ2n) is 14.0. The number of aryl methyl sites for hydroxylation is 1. The number of piperidine rings is 2. The van der Waals surface area contributed by atoms with E-state index < -0.39 is 5.60 Å². The quantitative estimate of drug-likeness (QED) is 0.199. The number of hydrogen-bond acceptors (Lipinski definition) is 4. The second-order valence-corrected chi connectivity index (χ2v) is 14.5. The van der Waals surface area contributed by atoms with Crippen LogP contribution in [0.25, 0.3) is 11.0 Å². The molecule has 7 rings (SSSR count). The molecule has 3 atom stereocenters. The van der Waals surface area contributed by atoms with Gasteiger partial charge >= 0.3 is 0 Å². The van der Waals surface area contributed by atoms with Gasteiger partial charge < -0.3 is 14.2 Å². The number of para-hydroxylation sites is 2. The van der Waals surface area contributed by atoms with Gasteiger partial charge in [0.1, 0.15) is 11.6 Å². The van der Waals surface area contributed by atoms with Gasteiger partial charge in [-0.25, -0.2) is 4.98 Å². The lowest BCUT2D eigenvalue weighted by Crippen LogP contribution is -2.54. The van der Waals surface area contributed by atoms with Gasteiger partial charge in [-0.1, -0.05) is 54.1 Å². The summed E-state index contributed by atoms with van der Waals surface area (Å²) in [4.78, 5) is 23.5. The minimum absolute atomic E-state index is 0.0431. The van der Waals surface area contributed by atoms with Gasteiger partial charge in [0.05, 0.1) is 11.0 Å². The van der Waals surface area contributed by atoms with Gasteiger partial charge in [-0.15, -0.1) is 0 Å². The number of carbonyl (C=O) groups is 1. The molecule has 0 saturated carbocycles. The number of imidazole rings is 1. The minimum atomic E-state index is -0.955. The highest BCUT2D eigenvalue weighted by Gasteiger charge is 2.45. The maximum absolute atomic E-state index is 13.7. The van der Waals surface area contributed by atoms with Crippen molar-refractivity contribution < 1.29 is 9.53 Å². The Kier molecular flexibility index (Phi) is 8.16. The zero-order chi connectivity index (χ0) is 31.2. The van der Waals surface area contributed by atoms with Crippen LogP contribution in [0.5, 0.6) is 5.75 Å². The normalized spacial score (nSPS) is 23.4. The Labute approximate surface area is 272 Å². The third-order valence-corrected chi connectivity index (χ3v) is 11.2. The van der Waals surface area contributed by atoms with Crippen LogP contribution in [-0.4, -0.2) is 62.6 Å². The molecule has 3 fully saturated rings. The van der Waals surface area contributed by atoms with Crippen molar-refractivity contribution in [2.75, 3.05) is 19.6 Å². The predicted molar refractivity (Wildman–Crippen MR) is 181 cm³/mol. The summed E-state index contributed by atoms with van der Waals surface area (Å²) < 4.78 is 8.69. The SMILES string of the molecule is Cc1nc2ccccc2n1[C@H]1C[C@H]2CC[C@@H](C1)N2CCC1(c2ccccc2)CCN(C(=O)C(C)(C)Oc2ccc(Cl)cc2)CC1. The first kappa shape index (κ1) is 30.3. The van der Waals surface area contributed by atoms with Crippen LogP contribution >= 0.6 is 11.6 Å². The summed E-state index contributed by atoms with van der Waals surface area (Å²) in [5.74, 6) is 1.84. The van der Waals surface area contributed by atoms with E-state index in [9.17, 15) is 4.79 Å². The van der Waals surface area contributed by atoms with E-state index in [0.717, 1.165) is 50.2 Å². The van der Waals surface area contributed by atoms with Gasteiger partial charge in [-0.3, -0.25) is 9.69 Å². The van der Waals surface area contributed by atoms with E-state index in [2.05, 4.69) is 71.0 Å². The van der Waals surface area contributed by atoms with E-state index in [1.807, 2.05) is 30.9 Å². The number of hydrogen-bond donors (Lipinski definition) is 0. The first-order chi connectivity index (χ1) is 21.7. The van der Waals surface area contributed by atoms with Crippen LogP contribution in [0.4, 0.5) is 0 Å². The number of carbonyl (C=O) groups excluding carboxylic acids is 1. The van der Waals surface area contributed by atoms with E-state index in [4.69, 9.17) is 21.3 Å². The molecule has 0 N–H and O–H groups in total. The van der Waals surface area contributed by atoms with Crippen molar-refractivity contribution in [3.63, 3.8) is 0 Å². The molecule has 3 aromatic carbocycles. The Morgan fingerprint density at radius 1 is 0.911 bits per heavy atom. The summed E-state index contributed by atoms with van der Waals surface area (Å²) in [6.45, 7) is 8.50. The third-order valence-electron chi connectivity index (χ3n) is 10.9. The lowest BCUT2D eigenvalue weighted by molar-refractivity contribution is -0.147. The summed E-state index contributed by atoms with van der Waals surface area (Å²) >= 11 is 6.05. The van der Waals surface area contributed by atoms with E-state index in [-0.39, 0.29) is 11.3 Å². The molecule has 0 unspecified atom stereocenters. The van der Waals surface area contributed by atoms with Gasteiger partial charge in [-0.2, -0.15) is 0 Å². The molecule has 6 nitrogen and oxygen atoms in total. The minimum Gasteiger partial charge on any atom is -0.478 e. The van der Waals surface area contributed by atoms with Crippen LogP contribution in [0, 0.1) is 6.92 Å². The second kappa shape index (κ2) is 12.1. The average Bonchev–Trinajstić information content (AvgIpc) is 3.51. The molecule has 236 valence electrons. The summed E-state index contributed by atoms with van der Waals surface area (Å²) in [5, 5.41) is 0.652. The Bertz CT molecular complexity index is 1630. The number of nitrogens with zero attached hydrogens (tertiary/aromatic N) is 4. The highest BCUT2D eigenvalue weighted by molar-refractivity contribution is 6.30. The zero-order valence-corrected chi connectivity index (χ0v) is 27.5. The van der Waals surface area contributed by atoms with Gasteiger partial charge in [0.25, 0.3) is 5.91 Å². The highest BCUT2D eigenvalue weighted by Crippen LogP contribution is 2.45. The lowest BCUT2D eigenvalue weighted by Gasteiger charge is -2.46. The van der Waals surface area contributed by atoms with Crippen molar-refractivity contribution in [2.45, 2.75) is 94.9 Å². The molecule has 3 aliphatic heterocycles. The maximum Gasteiger partial charge on any atom is 0.266 e. The predicted octanol–water partition coefficient (Wildman–Crippen LogP) is 7.97. The van der Waals surface area contributed by atoms with Gasteiger partial charge in [0.15, 0.2) is 5.60 Å². The van der Waals surface area contributed by atoms with Crippen LogP contribution in [0.1, 0.15) is 76.2 Å². The third kappa shape index (κ3) is 5.88. The number of aromatic nitrogens is 2. The molecule has 2 bridgehead atoms. The smallest absolute Gasteiger partial charge is 0.266 e. The summed E-state index contributed by atoms with van der Waals surface area (Å²) in [5.41, 5.74) is 2.91. The average molecular weight is 625 g/mol. The van der Waals surface area contributed by atoms with Gasteiger partial charge in [0, 0.05) is 36.2 Å². The molecular weight excluding hydrogens is 580 g/mol. The number of fused-ring (bicyclic) bond motifs is 3. The zero-order valence-electron chi connectivity index (χ0n) is 26.8. The summed E-state index contributed by atoms with van der Waals surface area (Å²) in [6.07, 6.45) is 8.01. The van der Waals surface area contributed by atoms with Crippen molar-refractivity contribution in [3.05, 3.63) is 95.3 Å². The highest BCUT2D eigenvalue weighted by atomic mass is 35.5. The molecule has 4 aromatic rings. The fourth-order valence-electron chi connectivity index (χ4n) is 8.62. The van der Waals surface area contributed by atoms with Crippen LogP contribution < -0.4 is 4.74 Å². The maximum atomic E-state index is 13.7. The molecular formula is C38H45ClN4O2. The molecule has 0 aliphatic carbocycles. The van der Waals surface area contributed by atoms with Crippen LogP contribution in [0.2, 0.25) is 5.02 Å². The Morgan fingerprint density at radius 3 is 2.24 bits per heavy atom. The molecule has 7 heteroatoms. The topological polar surface area (TPSA) is 50.6 Å². The number of likely N-dealkylation sites (tertiary alicyclic amines) is 1. The first-order valence-electron chi connectivity index (χ1n) is 16.7. The largest absolute Gasteiger partial charge is 0.478 e. The molecule has 0 spiro atoms. The fraction of sp³-hybridized carbons (Fsp3) is 0.474. The first-order valence-corrected chi connectivity index (χ1v) is 17.1. The van der Waals surface area contributed by atoms with Gasteiger partial charge in [-0.05, 0) is 120 Å². The van der Waals surface area contributed by atoms with Crippen molar-refractivity contribution in [1.29, 1.82) is 0 Å². The molecule has 45 heavy (non-hydrogen) atoms. The summed E-state index contributed by atoms with van der Waals surface area (Å²) in [6, 6.07) is 28.6. The van der Waals surface area contributed by atoms with E-state index in [0.29, 0.717) is 28.9 Å². The van der Waals surface area contributed by atoms with Gasteiger partial charge in [0.2, 0.25) is 0 Å². The molecule has 1 amide bonds. The van der Waals surface area contributed by atoms with Crippen molar-refractivity contribution in [3.8, 4) is 5.75 Å². The molecule has 1 aromatic heterocycles. The molecule has 3 saturated heterocycles. The van der Waals surface area contributed by atoms with E-state index >= 15 is 0 Å². The Balaban J connectivity index is 1.03. The summed E-state index contributed by atoms with van der Waals surface area (Å²) in [7, 11) is 0. The Hall–Kier alpha value is -3.35. The van der Waals surface area contributed by atoms with Crippen molar-refractivity contribution in [2.24, 2.45) is 0 Å². The van der Waals surface area contributed by atoms with Crippen molar-refractivity contribution in [1.82, 2.24) is 19.4 Å². The molecule has 0 radical (unpaired) electrons. The van der Waals surface area contributed by atoms with Crippen LogP contribution in [-0.2, 0) is 10.2 Å². The molecule has 3 aliphatic rings.